The van der Waals surface area contributed by atoms with Crippen LogP contribution in [0.15, 0.2) is 0 Å². The summed E-state index contributed by atoms with van der Waals surface area (Å²) in [7, 11) is -0.842. The van der Waals surface area contributed by atoms with E-state index in [4.69, 9.17) is 9.84 Å². The summed E-state index contributed by atoms with van der Waals surface area (Å²) in [5.41, 5.74) is 0. The van der Waals surface area contributed by atoms with E-state index >= 15 is 0 Å². The van der Waals surface area contributed by atoms with Crippen molar-refractivity contribution in [2.45, 2.75) is 38.3 Å². The van der Waals surface area contributed by atoms with Crippen LogP contribution in [0.3, 0.4) is 0 Å². The van der Waals surface area contributed by atoms with Crippen LogP contribution < -0.4 is 5.32 Å². The van der Waals surface area contributed by atoms with Crippen molar-refractivity contribution in [3.8, 4) is 0 Å². The first-order valence-electron chi connectivity index (χ1n) is 6.07. The molecule has 1 rings (SSSR count). The van der Waals surface area contributed by atoms with Gasteiger partial charge in [0.05, 0.1) is 6.10 Å². The lowest BCUT2D eigenvalue weighted by molar-refractivity contribution is 0.128. The number of rotatable bonds is 8. The summed E-state index contributed by atoms with van der Waals surface area (Å²) in [6.07, 6.45) is 3.00. The standard InChI is InChI=1S/C11H23NO3S/c1-2-12-10(5-6-13)8-16(14)9-11-4-3-7-15-11/h10-13H,2-9H2,1H3. The van der Waals surface area contributed by atoms with Gasteiger partial charge in [-0.2, -0.15) is 0 Å². The lowest BCUT2D eigenvalue weighted by Crippen LogP contribution is -2.36. The highest BCUT2D eigenvalue weighted by Gasteiger charge is 2.20. The van der Waals surface area contributed by atoms with Gasteiger partial charge in [-0.1, -0.05) is 6.92 Å². The largest absolute Gasteiger partial charge is 0.396 e. The van der Waals surface area contributed by atoms with Gasteiger partial charge >= 0.3 is 0 Å². The van der Waals surface area contributed by atoms with Crippen LogP contribution in [0.5, 0.6) is 0 Å². The van der Waals surface area contributed by atoms with Crippen molar-refractivity contribution < 1.29 is 14.1 Å². The first-order chi connectivity index (χ1) is 7.76. The molecule has 3 atom stereocenters. The summed E-state index contributed by atoms with van der Waals surface area (Å²) >= 11 is 0. The van der Waals surface area contributed by atoms with Gasteiger partial charge in [0, 0.05) is 41.6 Å². The fourth-order valence-corrected chi connectivity index (χ4v) is 3.51. The van der Waals surface area contributed by atoms with E-state index in [-0.39, 0.29) is 18.8 Å². The van der Waals surface area contributed by atoms with Crippen LogP contribution in [-0.2, 0) is 15.5 Å². The highest BCUT2D eigenvalue weighted by Crippen LogP contribution is 2.13. The zero-order valence-corrected chi connectivity index (χ0v) is 10.8. The summed E-state index contributed by atoms with van der Waals surface area (Å²) in [5.74, 6) is 1.27. The summed E-state index contributed by atoms with van der Waals surface area (Å²) < 4.78 is 17.3. The lowest BCUT2D eigenvalue weighted by atomic mass is 10.2. The van der Waals surface area contributed by atoms with E-state index in [1.165, 1.54) is 0 Å². The number of hydrogen-bond acceptors (Lipinski definition) is 4. The van der Waals surface area contributed by atoms with E-state index in [1.54, 1.807) is 0 Å². The minimum absolute atomic E-state index is 0.148. The monoisotopic (exact) mass is 249 g/mol. The highest BCUT2D eigenvalue weighted by molar-refractivity contribution is 7.85. The number of aliphatic hydroxyl groups is 1. The van der Waals surface area contributed by atoms with Gasteiger partial charge in [0.2, 0.25) is 0 Å². The SMILES string of the molecule is CCNC(CCO)CS(=O)CC1CCCO1. The molecule has 3 unspecified atom stereocenters. The van der Waals surface area contributed by atoms with Crippen molar-refractivity contribution >= 4 is 10.8 Å². The maximum Gasteiger partial charge on any atom is 0.0691 e. The molecule has 0 aromatic rings. The quantitative estimate of drug-likeness (QED) is 0.648. The van der Waals surface area contributed by atoms with Crippen molar-refractivity contribution in [1.29, 1.82) is 0 Å². The summed E-state index contributed by atoms with van der Waals surface area (Å²) in [4.78, 5) is 0. The van der Waals surface area contributed by atoms with Crippen molar-refractivity contribution in [2.75, 3.05) is 31.3 Å². The third kappa shape index (κ3) is 5.39. The second-order valence-corrected chi connectivity index (χ2v) is 5.72. The molecule has 16 heavy (non-hydrogen) atoms. The van der Waals surface area contributed by atoms with Gasteiger partial charge in [0.15, 0.2) is 0 Å². The van der Waals surface area contributed by atoms with Gasteiger partial charge in [0.1, 0.15) is 0 Å². The number of ether oxygens (including phenoxy) is 1. The molecule has 0 radical (unpaired) electrons. The number of nitrogens with one attached hydrogen (secondary N) is 1. The summed E-state index contributed by atoms with van der Waals surface area (Å²) in [6, 6.07) is 0.164. The second-order valence-electron chi connectivity index (χ2n) is 4.18. The molecule has 0 bridgehead atoms. The predicted octanol–water partition coefficient (Wildman–Crippen LogP) is 0.275. The number of aliphatic hydroxyl groups excluding tert-OH is 1. The van der Waals surface area contributed by atoms with Crippen molar-refractivity contribution in [1.82, 2.24) is 5.32 Å². The average molecular weight is 249 g/mol. The fraction of sp³-hybridized carbons (Fsp3) is 1.00. The Morgan fingerprint density at radius 1 is 1.62 bits per heavy atom. The van der Waals surface area contributed by atoms with E-state index in [9.17, 15) is 4.21 Å². The van der Waals surface area contributed by atoms with Crippen LogP contribution in [0, 0.1) is 0 Å². The van der Waals surface area contributed by atoms with Crippen LogP contribution in [0.25, 0.3) is 0 Å². The Kier molecular flexibility index (Phi) is 7.20. The zero-order valence-electron chi connectivity index (χ0n) is 9.98. The van der Waals surface area contributed by atoms with E-state index in [0.717, 1.165) is 26.0 Å². The van der Waals surface area contributed by atoms with Gasteiger partial charge in [-0.25, -0.2) is 0 Å². The van der Waals surface area contributed by atoms with Crippen LogP contribution in [0.2, 0.25) is 0 Å². The normalized spacial score (nSPS) is 24.5. The van der Waals surface area contributed by atoms with E-state index in [2.05, 4.69) is 5.32 Å². The molecule has 0 aromatic carbocycles. The Bertz CT molecular complexity index is 201. The third-order valence-electron chi connectivity index (χ3n) is 2.75. The lowest BCUT2D eigenvalue weighted by Gasteiger charge is -2.17. The van der Waals surface area contributed by atoms with Crippen molar-refractivity contribution in [3.63, 3.8) is 0 Å². The van der Waals surface area contributed by atoms with Gasteiger partial charge in [-0.15, -0.1) is 0 Å². The molecule has 1 heterocycles. The molecule has 5 heteroatoms. The molecule has 1 aliphatic heterocycles. The Balaban J connectivity index is 2.23. The molecule has 0 aromatic heterocycles. The molecule has 96 valence electrons. The van der Waals surface area contributed by atoms with Crippen molar-refractivity contribution in [2.24, 2.45) is 0 Å². The maximum absolute atomic E-state index is 11.9. The molecule has 0 aliphatic carbocycles. The highest BCUT2D eigenvalue weighted by atomic mass is 32.2. The van der Waals surface area contributed by atoms with Crippen LogP contribution in [0.1, 0.15) is 26.2 Å². The Morgan fingerprint density at radius 2 is 2.44 bits per heavy atom. The topological polar surface area (TPSA) is 58.6 Å². The molecule has 0 saturated carbocycles. The van der Waals surface area contributed by atoms with E-state index in [1.807, 2.05) is 6.92 Å². The van der Waals surface area contributed by atoms with Crippen LogP contribution in [-0.4, -0.2) is 52.7 Å². The first-order valence-corrected chi connectivity index (χ1v) is 7.55. The molecule has 0 amide bonds. The molecular formula is C11H23NO3S. The molecule has 0 spiro atoms. The molecule has 1 saturated heterocycles. The van der Waals surface area contributed by atoms with Gasteiger partial charge in [-0.3, -0.25) is 4.21 Å². The Hall–Kier alpha value is 0.0300. The fourth-order valence-electron chi connectivity index (χ4n) is 1.96. The van der Waals surface area contributed by atoms with Crippen molar-refractivity contribution in [3.05, 3.63) is 0 Å². The third-order valence-corrected chi connectivity index (χ3v) is 4.27. The van der Waals surface area contributed by atoms with Crippen LogP contribution in [0.4, 0.5) is 0 Å². The van der Waals surface area contributed by atoms with Gasteiger partial charge in [-0.05, 0) is 25.8 Å². The van der Waals surface area contributed by atoms with E-state index in [0.29, 0.717) is 17.9 Å². The maximum atomic E-state index is 11.9. The summed E-state index contributed by atoms with van der Waals surface area (Å²) in [5, 5.41) is 12.1. The van der Waals surface area contributed by atoms with E-state index < -0.39 is 10.8 Å². The molecular weight excluding hydrogens is 226 g/mol. The van der Waals surface area contributed by atoms with Crippen LogP contribution >= 0.6 is 0 Å². The van der Waals surface area contributed by atoms with Gasteiger partial charge < -0.3 is 15.2 Å². The zero-order chi connectivity index (χ0) is 11.8. The minimum Gasteiger partial charge on any atom is -0.396 e. The molecule has 2 N–H and O–H groups in total. The molecule has 1 aliphatic rings. The van der Waals surface area contributed by atoms with Gasteiger partial charge in [0.25, 0.3) is 0 Å². The number of hydrogen-bond donors (Lipinski definition) is 2. The Morgan fingerprint density at radius 3 is 3.00 bits per heavy atom. The Labute approximate surface area is 100 Å². The minimum atomic E-state index is -0.842. The molecule has 4 nitrogen and oxygen atoms in total. The predicted molar refractivity (Wildman–Crippen MR) is 66.0 cm³/mol. The summed E-state index contributed by atoms with van der Waals surface area (Å²) in [6.45, 7) is 3.83. The first kappa shape index (κ1) is 14.1. The smallest absolute Gasteiger partial charge is 0.0691 e. The average Bonchev–Trinajstić information content (AvgIpc) is 2.71. The molecule has 1 fully saturated rings. The second kappa shape index (κ2) is 8.17.